The van der Waals surface area contributed by atoms with Crippen molar-refractivity contribution in [1.29, 1.82) is 0 Å². The Kier molecular flexibility index (Phi) is 2.89. The fourth-order valence-electron chi connectivity index (χ4n) is 3.19. The van der Waals surface area contributed by atoms with E-state index in [1.807, 2.05) is 48.5 Å². The van der Waals surface area contributed by atoms with Crippen molar-refractivity contribution in [3.05, 3.63) is 59.7 Å². The minimum absolute atomic E-state index is 0.0133. The molecule has 102 valence electrons. The molecule has 2 aliphatic rings. The molecule has 2 heterocycles. The Balaban J connectivity index is 1.69. The van der Waals surface area contributed by atoms with Gasteiger partial charge in [0.2, 0.25) is 0 Å². The van der Waals surface area contributed by atoms with Crippen LogP contribution in [0.1, 0.15) is 11.1 Å². The minimum atomic E-state index is -1.03. The molecule has 0 aliphatic carbocycles. The number of fused-ring (bicyclic) bond motifs is 2. The molecular formula is C16H14O2S2. The van der Waals surface area contributed by atoms with E-state index in [1.165, 1.54) is 0 Å². The van der Waals surface area contributed by atoms with Gasteiger partial charge in [-0.05, 0) is 36.1 Å². The summed E-state index contributed by atoms with van der Waals surface area (Å²) >= 11 is 0. The van der Waals surface area contributed by atoms with Crippen molar-refractivity contribution in [3.63, 3.8) is 0 Å². The van der Waals surface area contributed by atoms with E-state index in [9.17, 15) is 8.42 Å². The number of rotatable bonds is 1. The average molecular weight is 302 g/mol. The Labute approximate surface area is 123 Å². The highest BCUT2D eigenvalue weighted by atomic mass is 32.2. The Morgan fingerprint density at radius 2 is 1.10 bits per heavy atom. The lowest BCUT2D eigenvalue weighted by Crippen LogP contribution is -2.31. The molecule has 0 saturated heterocycles. The lowest BCUT2D eigenvalue weighted by atomic mass is 10.0. The second-order valence-electron chi connectivity index (χ2n) is 5.30. The molecule has 2 nitrogen and oxygen atoms in total. The van der Waals surface area contributed by atoms with Gasteiger partial charge >= 0.3 is 0 Å². The van der Waals surface area contributed by atoms with E-state index in [0.29, 0.717) is 0 Å². The van der Waals surface area contributed by atoms with E-state index in [0.717, 1.165) is 33.8 Å². The molecule has 0 spiro atoms. The summed E-state index contributed by atoms with van der Waals surface area (Å²) in [7, 11) is -2.05. The third kappa shape index (κ3) is 1.75. The largest absolute Gasteiger partial charge is 0.254 e. The smallest absolute Gasteiger partial charge is 0.0585 e. The van der Waals surface area contributed by atoms with E-state index < -0.39 is 21.6 Å². The van der Waals surface area contributed by atoms with Crippen LogP contribution >= 0.6 is 0 Å². The summed E-state index contributed by atoms with van der Waals surface area (Å²) in [5.74, 6) is 0. The molecule has 2 aromatic carbocycles. The molecule has 0 fully saturated rings. The van der Waals surface area contributed by atoms with Crippen LogP contribution in [0.3, 0.4) is 0 Å². The zero-order chi connectivity index (χ0) is 13.7. The highest BCUT2D eigenvalue weighted by molar-refractivity contribution is 7.90. The van der Waals surface area contributed by atoms with Crippen molar-refractivity contribution in [1.82, 2.24) is 0 Å². The van der Waals surface area contributed by atoms with Gasteiger partial charge < -0.3 is 0 Å². The Bertz CT molecular complexity index is 675. The van der Waals surface area contributed by atoms with E-state index in [1.54, 1.807) is 0 Å². The zero-order valence-electron chi connectivity index (χ0n) is 10.8. The van der Waals surface area contributed by atoms with Crippen LogP contribution in [0.5, 0.6) is 0 Å². The van der Waals surface area contributed by atoms with Crippen molar-refractivity contribution in [2.75, 3.05) is 0 Å². The standard InChI is InChI=1S/C16H14O2S2/c17-19-13-7-3-1-5-11(13)9-15(19)16-10-12-6-2-4-8-14(12)20(16)18/h1-8,15-16H,9-10H2/t15-,16+,19?,20?. The summed E-state index contributed by atoms with van der Waals surface area (Å²) in [6.45, 7) is 0. The average Bonchev–Trinajstić information content (AvgIpc) is 2.98. The zero-order valence-corrected chi connectivity index (χ0v) is 12.5. The Morgan fingerprint density at radius 1 is 0.700 bits per heavy atom. The van der Waals surface area contributed by atoms with Gasteiger partial charge in [0, 0.05) is 9.79 Å². The normalized spacial score (nSPS) is 31.0. The van der Waals surface area contributed by atoms with Crippen molar-refractivity contribution in [3.8, 4) is 0 Å². The maximum absolute atomic E-state index is 12.7. The summed E-state index contributed by atoms with van der Waals surface area (Å²) in [5, 5.41) is -0.0266. The van der Waals surface area contributed by atoms with Gasteiger partial charge in [0.05, 0.1) is 32.1 Å². The third-order valence-electron chi connectivity index (χ3n) is 4.19. The van der Waals surface area contributed by atoms with Crippen LogP contribution in [0.4, 0.5) is 0 Å². The van der Waals surface area contributed by atoms with Crippen LogP contribution in [0.25, 0.3) is 0 Å². The van der Waals surface area contributed by atoms with Crippen LogP contribution in [0.15, 0.2) is 58.3 Å². The van der Waals surface area contributed by atoms with Crippen molar-refractivity contribution >= 4 is 21.6 Å². The highest BCUT2D eigenvalue weighted by Crippen LogP contribution is 2.37. The molecule has 0 saturated carbocycles. The first-order chi connectivity index (χ1) is 9.75. The van der Waals surface area contributed by atoms with Gasteiger partial charge in [-0.15, -0.1) is 0 Å². The summed E-state index contributed by atoms with van der Waals surface area (Å²) in [5.41, 5.74) is 2.31. The molecule has 2 unspecified atom stereocenters. The second-order valence-corrected chi connectivity index (χ2v) is 8.58. The van der Waals surface area contributed by atoms with E-state index in [2.05, 4.69) is 0 Å². The van der Waals surface area contributed by atoms with Gasteiger partial charge in [-0.1, -0.05) is 36.4 Å². The molecule has 2 aliphatic heterocycles. The first-order valence-corrected chi connectivity index (χ1v) is 9.15. The molecule has 4 rings (SSSR count). The summed E-state index contributed by atoms with van der Waals surface area (Å²) < 4.78 is 25.3. The molecule has 20 heavy (non-hydrogen) atoms. The van der Waals surface area contributed by atoms with Gasteiger partial charge in [0.15, 0.2) is 0 Å². The van der Waals surface area contributed by atoms with Gasteiger partial charge in [0.25, 0.3) is 0 Å². The topological polar surface area (TPSA) is 34.1 Å². The lowest BCUT2D eigenvalue weighted by Gasteiger charge is -2.15. The molecule has 0 amide bonds. The maximum atomic E-state index is 12.7. The van der Waals surface area contributed by atoms with Crippen LogP contribution in [0.2, 0.25) is 0 Å². The van der Waals surface area contributed by atoms with Crippen molar-refractivity contribution in [2.24, 2.45) is 0 Å². The summed E-state index contributed by atoms with van der Waals surface area (Å²) in [6.07, 6.45) is 1.57. The molecule has 4 heteroatoms. The van der Waals surface area contributed by atoms with E-state index in [-0.39, 0.29) is 10.5 Å². The van der Waals surface area contributed by atoms with Crippen LogP contribution in [-0.2, 0) is 34.4 Å². The third-order valence-corrected chi connectivity index (χ3v) is 8.11. The molecule has 0 aromatic heterocycles. The maximum Gasteiger partial charge on any atom is 0.0585 e. The molecule has 0 bridgehead atoms. The summed E-state index contributed by atoms with van der Waals surface area (Å²) in [6, 6.07) is 15.8. The van der Waals surface area contributed by atoms with Crippen LogP contribution < -0.4 is 0 Å². The first kappa shape index (κ1) is 12.5. The lowest BCUT2D eigenvalue weighted by molar-refractivity contribution is 0.652. The fourth-order valence-corrected chi connectivity index (χ4v) is 7.10. The van der Waals surface area contributed by atoms with Crippen molar-refractivity contribution in [2.45, 2.75) is 33.1 Å². The quantitative estimate of drug-likeness (QED) is 0.811. The second kappa shape index (κ2) is 4.64. The van der Waals surface area contributed by atoms with Gasteiger partial charge in [-0.25, -0.2) is 0 Å². The van der Waals surface area contributed by atoms with Gasteiger partial charge in [-0.3, -0.25) is 8.42 Å². The Morgan fingerprint density at radius 3 is 1.50 bits per heavy atom. The number of hydrogen-bond acceptors (Lipinski definition) is 2. The Hall–Kier alpha value is -1.26. The molecule has 4 atom stereocenters. The molecule has 0 N–H and O–H groups in total. The van der Waals surface area contributed by atoms with Crippen LogP contribution in [0, 0.1) is 0 Å². The van der Waals surface area contributed by atoms with Crippen molar-refractivity contribution < 1.29 is 8.42 Å². The summed E-state index contributed by atoms with van der Waals surface area (Å²) in [4.78, 5) is 1.87. The van der Waals surface area contributed by atoms with E-state index in [4.69, 9.17) is 0 Å². The van der Waals surface area contributed by atoms with Crippen LogP contribution in [-0.4, -0.2) is 18.9 Å². The predicted molar refractivity (Wildman–Crippen MR) is 80.7 cm³/mol. The molecule has 2 aromatic rings. The highest BCUT2D eigenvalue weighted by Gasteiger charge is 2.42. The van der Waals surface area contributed by atoms with E-state index >= 15 is 0 Å². The fraction of sp³-hybridized carbons (Fsp3) is 0.250. The minimum Gasteiger partial charge on any atom is -0.254 e. The van der Waals surface area contributed by atoms with Gasteiger partial charge in [-0.2, -0.15) is 0 Å². The predicted octanol–water partition coefficient (Wildman–Crippen LogP) is 2.45. The number of benzene rings is 2. The molecule has 0 radical (unpaired) electrons. The monoisotopic (exact) mass is 302 g/mol. The van der Waals surface area contributed by atoms with Gasteiger partial charge in [0.1, 0.15) is 0 Å². The number of hydrogen-bond donors (Lipinski definition) is 0. The SMILES string of the molecule is O=S1c2ccccc2C[C@@H]1[C@@H]1Cc2ccccc2S1=O. The molecular weight excluding hydrogens is 288 g/mol. The first-order valence-electron chi connectivity index (χ1n) is 6.72.